The lowest BCUT2D eigenvalue weighted by atomic mass is 10.0. The second-order valence-electron chi connectivity index (χ2n) is 4.47. The van der Waals surface area contributed by atoms with Crippen LogP contribution in [0.5, 0.6) is 0 Å². The van der Waals surface area contributed by atoms with Gasteiger partial charge in [-0.05, 0) is 24.0 Å². The van der Waals surface area contributed by atoms with Crippen LogP contribution in [0.25, 0.3) is 0 Å². The van der Waals surface area contributed by atoms with E-state index in [0.717, 1.165) is 25.7 Å². The molecule has 0 atom stereocenters. The van der Waals surface area contributed by atoms with Crippen molar-refractivity contribution in [3.63, 3.8) is 0 Å². The van der Waals surface area contributed by atoms with Crippen LogP contribution in [-0.2, 0) is 19.3 Å². The Morgan fingerprint density at radius 2 is 1.89 bits per heavy atom. The van der Waals surface area contributed by atoms with E-state index in [9.17, 15) is 0 Å². The molecule has 0 aliphatic rings. The summed E-state index contributed by atoms with van der Waals surface area (Å²) < 4.78 is 0. The number of hydrogen-bond donors (Lipinski definition) is 1. The highest BCUT2D eigenvalue weighted by Crippen LogP contribution is 2.26. The maximum absolute atomic E-state index is 5.84. The average molecular weight is 260 g/mol. The average Bonchev–Trinajstić information content (AvgIpc) is 2.71. The Kier molecular flexibility index (Phi) is 4.37. The molecule has 0 aliphatic heterocycles. The summed E-state index contributed by atoms with van der Waals surface area (Å²) >= 11 is 1.64. The van der Waals surface area contributed by atoms with Crippen LogP contribution >= 0.6 is 11.3 Å². The van der Waals surface area contributed by atoms with Gasteiger partial charge in [0.1, 0.15) is 0 Å². The molecule has 0 unspecified atom stereocenters. The van der Waals surface area contributed by atoms with Gasteiger partial charge in [-0.15, -0.1) is 11.3 Å². The summed E-state index contributed by atoms with van der Waals surface area (Å²) in [5, 5.41) is 0.697. The second kappa shape index (κ2) is 6.01. The van der Waals surface area contributed by atoms with Gasteiger partial charge in [0.25, 0.3) is 0 Å². The molecule has 0 fully saturated rings. The van der Waals surface area contributed by atoms with Crippen LogP contribution in [0.2, 0.25) is 0 Å². The van der Waals surface area contributed by atoms with E-state index in [1.807, 2.05) is 0 Å². The van der Waals surface area contributed by atoms with Crippen LogP contribution in [0.15, 0.2) is 24.3 Å². The number of hydrogen-bond acceptors (Lipinski definition) is 3. The van der Waals surface area contributed by atoms with Crippen molar-refractivity contribution in [3.05, 3.63) is 46.0 Å². The first kappa shape index (κ1) is 13.1. The highest BCUT2D eigenvalue weighted by molar-refractivity contribution is 7.15. The van der Waals surface area contributed by atoms with Gasteiger partial charge in [0.15, 0.2) is 5.13 Å². The molecule has 0 bridgehead atoms. The van der Waals surface area contributed by atoms with Gasteiger partial charge in [0.2, 0.25) is 0 Å². The molecule has 0 aliphatic carbocycles. The minimum atomic E-state index is 0.697. The van der Waals surface area contributed by atoms with Gasteiger partial charge in [-0.3, -0.25) is 0 Å². The van der Waals surface area contributed by atoms with Gasteiger partial charge in [0, 0.05) is 11.3 Å². The SMILES string of the molecule is CCCc1nc(N)sc1Cc1ccccc1CC. The van der Waals surface area contributed by atoms with Crippen molar-refractivity contribution in [1.29, 1.82) is 0 Å². The third-order valence-corrected chi connectivity index (χ3v) is 4.06. The fourth-order valence-corrected chi connectivity index (χ4v) is 3.12. The first-order valence-corrected chi connectivity index (χ1v) is 7.37. The van der Waals surface area contributed by atoms with Crippen molar-refractivity contribution in [2.75, 3.05) is 5.73 Å². The van der Waals surface area contributed by atoms with Crippen molar-refractivity contribution in [2.45, 2.75) is 39.5 Å². The molecule has 2 N–H and O–H groups in total. The summed E-state index contributed by atoms with van der Waals surface area (Å²) in [6.07, 6.45) is 4.19. The number of aryl methyl sites for hydroxylation is 2. The van der Waals surface area contributed by atoms with Gasteiger partial charge in [-0.2, -0.15) is 0 Å². The molecule has 3 heteroatoms. The molecule has 2 nitrogen and oxygen atoms in total. The minimum Gasteiger partial charge on any atom is -0.375 e. The number of benzene rings is 1. The summed E-state index contributed by atoms with van der Waals surface area (Å²) in [5.41, 5.74) is 9.85. The number of anilines is 1. The van der Waals surface area contributed by atoms with Gasteiger partial charge in [-0.1, -0.05) is 44.5 Å². The monoisotopic (exact) mass is 260 g/mol. The lowest BCUT2D eigenvalue weighted by molar-refractivity contribution is 0.878. The van der Waals surface area contributed by atoms with E-state index in [1.54, 1.807) is 11.3 Å². The molecule has 0 saturated heterocycles. The van der Waals surface area contributed by atoms with Crippen LogP contribution in [-0.4, -0.2) is 4.98 Å². The molecule has 1 heterocycles. The van der Waals surface area contributed by atoms with E-state index in [0.29, 0.717) is 5.13 Å². The van der Waals surface area contributed by atoms with Gasteiger partial charge in [-0.25, -0.2) is 4.98 Å². The smallest absolute Gasteiger partial charge is 0.180 e. The van der Waals surface area contributed by atoms with E-state index >= 15 is 0 Å². The number of nitrogens with zero attached hydrogens (tertiary/aromatic N) is 1. The first-order chi connectivity index (χ1) is 8.74. The zero-order chi connectivity index (χ0) is 13.0. The molecule has 96 valence electrons. The zero-order valence-corrected chi connectivity index (χ0v) is 11.9. The van der Waals surface area contributed by atoms with Crippen LogP contribution < -0.4 is 5.73 Å². The predicted octanol–water partition coefficient (Wildman–Crippen LogP) is 3.83. The first-order valence-electron chi connectivity index (χ1n) is 6.55. The second-order valence-corrected chi connectivity index (χ2v) is 5.59. The fraction of sp³-hybridized carbons (Fsp3) is 0.400. The Morgan fingerprint density at radius 1 is 1.17 bits per heavy atom. The Labute approximate surface area is 113 Å². The highest BCUT2D eigenvalue weighted by atomic mass is 32.1. The van der Waals surface area contributed by atoms with Crippen molar-refractivity contribution in [3.8, 4) is 0 Å². The summed E-state index contributed by atoms with van der Waals surface area (Å²) in [7, 11) is 0. The summed E-state index contributed by atoms with van der Waals surface area (Å²) in [6, 6.07) is 8.64. The van der Waals surface area contributed by atoms with E-state index < -0.39 is 0 Å². The fourth-order valence-electron chi connectivity index (χ4n) is 2.22. The number of nitrogen functional groups attached to an aromatic ring is 1. The molecular formula is C15H20N2S. The van der Waals surface area contributed by atoms with Crippen LogP contribution in [0.1, 0.15) is 42.0 Å². The summed E-state index contributed by atoms with van der Waals surface area (Å²) in [5.74, 6) is 0. The standard InChI is InChI=1S/C15H20N2S/c1-3-7-13-14(18-15(16)17-13)10-12-9-6-5-8-11(12)4-2/h5-6,8-9H,3-4,7,10H2,1-2H3,(H2,16,17). The summed E-state index contributed by atoms with van der Waals surface area (Å²) in [6.45, 7) is 4.38. The van der Waals surface area contributed by atoms with Gasteiger partial charge in [0.05, 0.1) is 5.69 Å². The minimum absolute atomic E-state index is 0.697. The highest BCUT2D eigenvalue weighted by Gasteiger charge is 2.11. The Balaban J connectivity index is 2.27. The Bertz CT molecular complexity index is 517. The van der Waals surface area contributed by atoms with Gasteiger partial charge < -0.3 is 5.73 Å². The Morgan fingerprint density at radius 3 is 2.56 bits per heavy atom. The largest absolute Gasteiger partial charge is 0.375 e. The topological polar surface area (TPSA) is 38.9 Å². The van der Waals surface area contributed by atoms with E-state index in [2.05, 4.69) is 43.1 Å². The van der Waals surface area contributed by atoms with Crippen molar-refractivity contribution in [2.24, 2.45) is 0 Å². The third kappa shape index (κ3) is 2.91. The number of aromatic nitrogens is 1. The van der Waals surface area contributed by atoms with Crippen molar-refractivity contribution in [1.82, 2.24) is 4.98 Å². The zero-order valence-electron chi connectivity index (χ0n) is 11.1. The lowest BCUT2D eigenvalue weighted by Crippen LogP contribution is -1.96. The number of thiazole rings is 1. The van der Waals surface area contributed by atoms with Crippen molar-refractivity contribution >= 4 is 16.5 Å². The van der Waals surface area contributed by atoms with Crippen LogP contribution in [0, 0.1) is 0 Å². The molecule has 0 spiro atoms. The van der Waals surface area contributed by atoms with E-state index in [4.69, 9.17) is 5.73 Å². The summed E-state index contributed by atoms with van der Waals surface area (Å²) in [4.78, 5) is 5.78. The molecule has 2 aromatic rings. The number of rotatable bonds is 5. The molecule has 1 aromatic carbocycles. The molecule has 2 rings (SSSR count). The number of nitrogens with two attached hydrogens (primary N) is 1. The molecule has 0 saturated carbocycles. The quantitative estimate of drug-likeness (QED) is 0.887. The van der Waals surface area contributed by atoms with E-state index in [-0.39, 0.29) is 0 Å². The maximum atomic E-state index is 5.84. The molecule has 18 heavy (non-hydrogen) atoms. The predicted molar refractivity (Wildman–Crippen MR) is 79.1 cm³/mol. The van der Waals surface area contributed by atoms with Crippen LogP contribution in [0.4, 0.5) is 5.13 Å². The van der Waals surface area contributed by atoms with Crippen molar-refractivity contribution < 1.29 is 0 Å². The van der Waals surface area contributed by atoms with Gasteiger partial charge >= 0.3 is 0 Å². The Hall–Kier alpha value is -1.35. The normalized spacial score (nSPS) is 10.8. The third-order valence-electron chi connectivity index (χ3n) is 3.13. The maximum Gasteiger partial charge on any atom is 0.180 e. The van der Waals surface area contributed by atoms with E-state index in [1.165, 1.54) is 21.7 Å². The molecule has 0 radical (unpaired) electrons. The van der Waals surface area contributed by atoms with Crippen LogP contribution in [0.3, 0.4) is 0 Å². The molecule has 1 aromatic heterocycles. The molecular weight excluding hydrogens is 240 g/mol. The molecule has 0 amide bonds. The lowest BCUT2D eigenvalue weighted by Gasteiger charge is -2.07.